The number of halogens is 1. The molecule has 0 fully saturated rings. The van der Waals surface area contributed by atoms with Crippen molar-refractivity contribution >= 4 is 5.91 Å². The minimum Gasteiger partial charge on any atom is -0.489 e. The van der Waals surface area contributed by atoms with Crippen molar-refractivity contribution in [1.29, 1.82) is 5.26 Å². The molecular weight excluding hydrogens is 259 g/mol. The van der Waals surface area contributed by atoms with Gasteiger partial charge in [-0.3, -0.25) is 4.79 Å². The van der Waals surface area contributed by atoms with Crippen LogP contribution in [0.15, 0.2) is 42.5 Å². The molecule has 0 spiro atoms. The molecule has 0 radical (unpaired) electrons. The summed E-state index contributed by atoms with van der Waals surface area (Å²) in [5.74, 6) is -0.468. The summed E-state index contributed by atoms with van der Waals surface area (Å²) in [5, 5.41) is 8.75. The molecule has 0 bridgehead atoms. The van der Waals surface area contributed by atoms with Crippen LogP contribution in [-0.4, -0.2) is 5.91 Å². The van der Waals surface area contributed by atoms with E-state index in [1.54, 1.807) is 30.3 Å². The molecule has 0 atom stereocenters. The lowest BCUT2D eigenvalue weighted by Crippen LogP contribution is -2.10. The number of ether oxygens (including phenoxy) is 1. The topological polar surface area (TPSA) is 76.1 Å². The summed E-state index contributed by atoms with van der Waals surface area (Å²) in [6.07, 6.45) is 0. The SMILES string of the molecule is N#Cc1cc(F)cc(COc2ccc(C(N)=O)cc2)c1. The van der Waals surface area contributed by atoms with Gasteiger partial charge in [-0.25, -0.2) is 4.39 Å². The zero-order valence-electron chi connectivity index (χ0n) is 10.5. The fraction of sp³-hybridized carbons (Fsp3) is 0.0667. The molecule has 2 aromatic carbocycles. The Hall–Kier alpha value is -2.87. The van der Waals surface area contributed by atoms with E-state index in [4.69, 9.17) is 15.7 Å². The van der Waals surface area contributed by atoms with Crippen LogP contribution in [0.4, 0.5) is 4.39 Å². The standard InChI is InChI=1S/C15H11FN2O2/c16-13-6-10(8-17)5-11(7-13)9-20-14-3-1-12(2-4-14)15(18)19/h1-7H,9H2,(H2,18,19). The number of rotatable bonds is 4. The fourth-order valence-electron chi connectivity index (χ4n) is 1.68. The highest BCUT2D eigenvalue weighted by molar-refractivity contribution is 5.92. The lowest BCUT2D eigenvalue weighted by atomic mass is 10.1. The zero-order valence-corrected chi connectivity index (χ0v) is 10.5. The average molecular weight is 270 g/mol. The van der Waals surface area contributed by atoms with E-state index < -0.39 is 11.7 Å². The first-order valence-corrected chi connectivity index (χ1v) is 5.81. The number of nitrogens with zero attached hydrogens (tertiary/aromatic N) is 1. The van der Waals surface area contributed by atoms with Gasteiger partial charge in [0.25, 0.3) is 0 Å². The van der Waals surface area contributed by atoms with Crippen LogP contribution in [0.2, 0.25) is 0 Å². The van der Waals surface area contributed by atoms with Gasteiger partial charge in [0.1, 0.15) is 18.2 Å². The molecule has 0 aliphatic carbocycles. The molecule has 0 aliphatic heterocycles. The van der Waals surface area contributed by atoms with Gasteiger partial charge in [-0.15, -0.1) is 0 Å². The Morgan fingerprint density at radius 1 is 1.25 bits per heavy atom. The lowest BCUT2D eigenvalue weighted by molar-refractivity contribution is 0.1000. The fourth-order valence-corrected chi connectivity index (χ4v) is 1.68. The molecule has 0 aromatic heterocycles. The quantitative estimate of drug-likeness (QED) is 0.926. The summed E-state index contributed by atoms with van der Waals surface area (Å²) in [5.41, 5.74) is 6.31. The van der Waals surface area contributed by atoms with E-state index in [1.165, 1.54) is 6.07 Å². The Labute approximate surface area is 115 Å². The van der Waals surface area contributed by atoms with Gasteiger partial charge in [0, 0.05) is 5.56 Å². The summed E-state index contributed by atoms with van der Waals surface area (Å²) < 4.78 is 18.7. The van der Waals surface area contributed by atoms with Gasteiger partial charge in [0.2, 0.25) is 5.91 Å². The molecule has 0 saturated carbocycles. The van der Waals surface area contributed by atoms with E-state index in [0.717, 1.165) is 6.07 Å². The van der Waals surface area contributed by atoms with Crippen LogP contribution < -0.4 is 10.5 Å². The van der Waals surface area contributed by atoms with Crippen LogP contribution in [0.3, 0.4) is 0 Å². The summed E-state index contributed by atoms with van der Waals surface area (Å²) in [6, 6.07) is 12.2. The minimum absolute atomic E-state index is 0.127. The number of carbonyl (C=O) groups excluding carboxylic acids is 1. The first kappa shape index (κ1) is 13.6. The van der Waals surface area contributed by atoms with Gasteiger partial charge >= 0.3 is 0 Å². The second-order valence-corrected chi connectivity index (χ2v) is 4.14. The maximum absolute atomic E-state index is 13.2. The minimum atomic E-state index is -0.514. The third-order valence-electron chi connectivity index (χ3n) is 2.63. The van der Waals surface area contributed by atoms with E-state index in [0.29, 0.717) is 16.9 Å². The van der Waals surface area contributed by atoms with Crippen molar-refractivity contribution in [2.75, 3.05) is 0 Å². The van der Waals surface area contributed by atoms with Crippen molar-refractivity contribution in [2.24, 2.45) is 5.73 Å². The number of nitriles is 1. The van der Waals surface area contributed by atoms with Crippen LogP contribution in [0.5, 0.6) is 5.75 Å². The highest BCUT2D eigenvalue weighted by Crippen LogP contribution is 2.15. The van der Waals surface area contributed by atoms with Gasteiger partial charge in [-0.2, -0.15) is 5.26 Å². The molecule has 0 saturated heterocycles. The number of primary amides is 1. The molecule has 2 rings (SSSR count). The Bertz CT molecular complexity index is 675. The zero-order chi connectivity index (χ0) is 14.5. The monoisotopic (exact) mass is 270 g/mol. The number of amides is 1. The van der Waals surface area contributed by atoms with E-state index in [1.807, 2.05) is 6.07 Å². The van der Waals surface area contributed by atoms with E-state index >= 15 is 0 Å². The Balaban J connectivity index is 2.07. The lowest BCUT2D eigenvalue weighted by Gasteiger charge is -2.07. The third kappa shape index (κ3) is 3.33. The number of hydrogen-bond acceptors (Lipinski definition) is 3. The Morgan fingerprint density at radius 3 is 2.55 bits per heavy atom. The summed E-state index contributed by atoms with van der Waals surface area (Å²) in [6.45, 7) is 0.127. The normalized spacial score (nSPS) is 9.80. The van der Waals surface area contributed by atoms with Crippen molar-refractivity contribution in [1.82, 2.24) is 0 Å². The second kappa shape index (κ2) is 5.85. The van der Waals surface area contributed by atoms with Crippen LogP contribution in [0.1, 0.15) is 21.5 Å². The molecule has 0 aliphatic rings. The summed E-state index contributed by atoms with van der Waals surface area (Å²) >= 11 is 0. The highest BCUT2D eigenvalue weighted by Gasteiger charge is 2.03. The van der Waals surface area contributed by atoms with Crippen molar-refractivity contribution in [3.05, 3.63) is 65.0 Å². The Kier molecular flexibility index (Phi) is 3.96. The smallest absolute Gasteiger partial charge is 0.248 e. The third-order valence-corrected chi connectivity index (χ3v) is 2.63. The van der Waals surface area contributed by atoms with E-state index in [9.17, 15) is 9.18 Å². The summed E-state index contributed by atoms with van der Waals surface area (Å²) in [4.78, 5) is 10.9. The van der Waals surface area contributed by atoms with Gasteiger partial charge < -0.3 is 10.5 Å². The molecule has 0 heterocycles. The molecule has 20 heavy (non-hydrogen) atoms. The molecule has 5 heteroatoms. The molecule has 100 valence electrons. The number of nitrogens with two attached hydrogens (primary N) is 1. The molecular formula is C15H11FN2O2. The van der Waals surface area contributed by atoms with Crippen molar-refractivity contribution < 1.29 is 13.9 Å². The highest BCUT2D eigenvalue weighted by atomic mass is 19.1. The van der Waals surface area contributed by atoms with Crippen LogP contribution in [-0.2, 0) is 6.61 Å². The molecule has 4 nitrogen and oxygen atoms in total. The predicted octanol–water partition coefficient (Wildman–Crippen LogP) is 2.38. The van der Waals surface area contributed by atoms with Crippen molar-refractivity contribution in [2.45, 2.75) is 6.61 Å². The van der Waals surface area contributed by atoms with Crippen molar-refractivity contribution in [3.8, 4) is 11.8 Å². The van der Waals surface area contributed by atoms with Crippen LogP contribution in [0.25, 0.3) is 0 Å². The molecule has 1 amide bonds. The number of hydrogen-bond donors (Lipinski definition) is 1. The van der Waals surface area contributed by atoms with Crippen LogP contribution >= 0.6 is 0 Å². The average Bonchev–Trinajstić information content (AvgIpc) is 2.45. The largest absolute Gasteiger partial charge is 0.489 e. The van der Waals surface area contributed by atoms with Gasteiger partial charge in [-0.05, 0) is 48.0 Å². The van der Waals surface area contributed by atoms with Gasteiger partial charge in [0.15, 0.2) is 0 Å². The predicted molar refractivity (Wildman–Crippen MR) is 70.4 cm³/mol. The van der Waals surface area contributed by atoms with E-state index in [-0.39, 0.29) is 12.2 Å². The second-order valence-electron chi connectivity index (χ2n) is 4.14. The molecule has 2 aromatic rings. The first-order valence-electron chi connectivity index (χ1n) is 5.81. The van der Waals surface area contributed by atoms with Crippen LogP contribution in [0, 0.1) is 17.1 Å². The van der Waals surface area contributed by atoms with Crippen molar-refractivity contribution in [3.63, 3.8) is 0 Å². The Morgan fingerprint density at radius 2 is 1.95 bits per heavy atom. The molecule has 2 N–H and O–H groups in total. The number of benzene rings is 2. The first-order chi connectivity index (χ1) is 9.58. The number of carbonyl (C=O) groups is 1. The summed E-state index contributed by atoms with van der Waals surface area (Å²) in [7, 11) is 0. The maximum atomic E-state index is 13.2. The van der Waals surface area contributed by atoms with E-state index in [2.05, 4.69) is 0 Å². The van der Waals surface area contributed by atoms with Gasteiger partial charge in [0.05, 0.1) is 11.6 Å². The van der Waals surface area contributed by atoms with Gasteiger partial charge in [-0.1, -0.05) is 0 Å². The maximum Gasteiger partial charge on any atom is 0.248 e. The molecule has 0 unspecified atom stereocenters.